The Hall–Kier alpha value is -2.63. The zero-order chi connectivity index (χ0) is 13.6. The molecule has 0 atom stereocenters. The summed E-state index contributed by atoms with van der Waals surface area (Å²) in [5.74, 6) is -1.12. The summed E-state index contributed by atoms with van der Waals surface area (Å²) in [5, 5.41) is 15.7. The molecule has 3 rings (SSSR count). The number of carbonyl (C=O) groups excluding carboxylic acids is 1. The number of aromatic carboxylic acids is 1. The van der Waals surface area contributed by atoms with Crippen molar-refractivity contribution in [1.82, 2.24) is 9.78 Å². The second kappa shape index (κ2) is 3.94. The Morgan fingerprint density at radius 2 is 2.26 bits per heavy atom. The number of rotatable bonds is 2. The lowest BCUT2D eigenvalue weighted by molar-refractivity contribution is -0.115. The van der Waals surface area contributed by atoms with Crippen molar-refractivity contribution in [3.8, 4) is 11.3 Å². The predicted molar refractivity (Wildman–Crippen MR) is 67.9 cm³/mol. The van der Waals surface area contributed by atoms with Crippen molar-refractivity contribution in [2.24, 2.45) is 7.05 Å². The van der Waals surface area contributed by atoms with Gasteiger partial charge in [-0.2, -0.15) is 5.10 Å². The summed E-state index contributed by atoms with van der Waals surface area (Å²) >= 11 is 0. The Morgan fingerprint density at radius 3 is 2.95 bits per heavy atom. The van der Waals surface area contributed by atoms with Crippen molar-refractivity contribution < 1.29 is 14.7 Å². The Morgan fingerprint density at radius 1 is 1.47 bits per heavy atom. The van der Waals surface area contributed by atoms with Crippen molar-refractivity contribution in [1.29, 1.82) is 0 Å². The number of nitrogens with one attached hydrogen (secondary N) is 1. The fourth-order valence-electron chi connectivity index (χ4n) is 2.31. The molecule has 2 heterocycles. The van der Waals surface area contributed by atoms with Gasteiger partial charge in [0.2, 0.25) is 5.91 Å². The molecule has 0 saturated heterocycles. The van der Waals surface area contributed by atoms with Crippen molar-refractivity contribution in [3.05, 3.63) is 35.5 Å². The minimum Gasteiger partial charge on any atom is -0.476 e. The molecule has 1 aliphatic rings. The summed E-state index contributed by atoms with van der Waals surface area (Å²) in [5.41, 5.74) is 3.17. The Kier molecular flexibility index (Phi) is 2.38. The molecule has 0 saturated carbocycles. The smallest absolute Gasteiger partial charge is 0.356 e. The van der Waals surface area contributed by atoms with Gasteiger partial charge in [0.1, 0.15) is 0 Å². The van der Waals surface area contributed by atoms with Gasteiger partial charge in [-0.15, -0.1) is 0 Å². The number of hydrogen-bond acceptors (Lipinski definition) is 3. The first-order chi connectivity index (χ1) is 9.06. The van der Waals surface area contributed by atoms with Crippen LogP contribution in [0.2, 0.25) is 0 Å². The van der Waals surface area contributed by atoms with Gasteiger partial charge in [-0.05, 0) is 17.7 Å². The maximum absolute atomic E-state index is 11.5. The van der Waals surface area contributed by atoms with E-state index in [1.807, 2.05) is 18.2 Å². The minimum absolute atomic E-state index is 0.00705. The summed E-state index contributed by atoms with van der Waals surface area (Å²) < 4.78 is 1.52. The number of carboxylic acids is 1. The zero-order valence-electron chi connectivity index (χ0n) is 10.2. The highest BCUT2D eigenvalue weighted by molar-refractivity contribution is 6.01. The number of amides is 1. The van der Waals surface area contributed by atoms with E-state index in [4.69, 9.17) is 5.11 Å². The maximum Gasteiger partial charge on any atom is 0.356 e. The molecule has 2 N–H and O–H groups in total. The molecule has 0 aliphatic carbocycles. The van der Waals surface area contributed by atoms with E-state index in [1.54, 1.807) is 7.05 Å². The molecule has 6 nitrogen and oxygen atoms in total. The number of aromatic nitrogens is 2. The van der Waals surface area contributed by atoms with Crippen LogP contribution in [0.1, 0.15) is 16.1 Å². The Balaban J connectivity index is 2.16. The van der Waals surface area contributed by atoms with Crippen LogP contribution in [0.5, 0.6) is 0 Å². The molecule has 0 spiro atoms. The number of carbonyl (C=O) groups is 2. The lowest BCUT2D eigenvalue weighted by Gasteiger charge is -2.07. The molecule has 0 fully saturated rings. The van der Waals surface area contributed by atoms with Crippen LogP contribution >= 0.6 is 0 Å². The van der Waals surface area contributed by atoms with Crippen LogP contribution in [0, 0.1) is 0 Å². The van der Waals surface area contributed by atoms with E-state index in [1.165, 1.54) is 10.7 Å². The maximum atomic E-state index is 11.5. The van der Waals surface area contributed by atoms with Crippen LogP contribution in [0.4, 0.5) is 5.69 Å². The molecule has 19 heavy (non-hydrogen) atoms. The van der Waals surface area contributed by atoms with Gasteiger partial charge in [0.25, 0.3) is 0 Å². The lowest BCUT2D eigenvalue weighted by Crippen LogP contribution is -2.03. The number of carboxylic acid groups (broad SMARTS) is 1. The van der Waals surface area contributed by atoms with Crippen molar-refractivity contribution in [2.75, 3.05) is 5.32 Å². The molecule has 0 radical (unpaired) electrons. The molecule has 0 bridgehead atoms. The quantitative estimate of drug-likeness (QED) is 0.848. The van der Waals surface area contributed by atoms with E-state index in [0.29, 0.717) is 12.1 Å². The average molecular weight is 257 g/mol. The first-order valence-corrected chi connectivity index (χ1v) is 5.75. The topological polar surface area (TPSA) is 84.2 Å². The molecule has 1 aromatic carbocycles. The second-order valence-corrected chi connectivity index (χ2v) is 4.40. The number of anilines is 1. The molecule has 1 aliphatic heterocycles. The molecule has 1 amide bonds. The van der Waals surface area contributed by atoms with E-state index < -0.39 is 5.97 Å². The average Bonchev–Trinajstić information content (AvgIpc) is 2.90. The summed E-state index contributed by atoms with van der Waals surface area (Å²) in [4.78, 5) is 22.4. The first-order valence-electron chi connectivity index (χ1n) is 5.75. The van der Waals surface area contributed by atoms with Gasteiger partial charge < -0.3 is 10.4 Å². The molecule has 2 aromatic rings. The van der Waals surface area contributed by atoms with Crippen LogP contribution in [-0.4, -0.2) is 26.8 Å². The highest BCUT2D eigenvalue weighted by Gasteiger charge is 2.23. The van der Waals surface area contributed by atoms with Gasteiger partial charge in [-0.1, -0.05) is 12.1 Å². The van der Waals surface area contributed by atoms with Crippen LogP contribution in [0.3, 0.4) is 0 Å². The van der Waals surface area contributed by atoms with Crippen LogP contribution in [0.25, 0.3) is 11.3 Å². The number of aryl methyl sites for hydroxylation is 1. The summed E-state index contributed by atoms with van der Waals surface area (Å²) in [6, 6.07) is 7.04. The molecule has 6 heteroatoms. The number of benzene rings is 1. The number of nitrogens with zero attached hydrogens (tertiary/aromatic N) is 2. The highest BCUT2D eigenvalue weighted by atomic mass is 16.4. The molecule has 1 aromatic heterocycles. The fourth-order valence-corrected chi connectivity index (χ4v) is 2.31. The fraction of sp³-hybridized carbons (Fsp3) is 0.154. The summed E-state index contributed by atoms with van der Waals surface area (Å²) in [6.45, 7) is 0. The zero-order valence-corrected chi connectivity index (χ0v) is 10.2. The SMILES string of the molecule is Cn1nc(C(=O)O)cc1-c1cccc2c1CC(=O)N2. The minimum atomic E-state index is -1.07. The molecule has 0 unspecified atom stereocenters. The Bertz CT molecular complexity index is 703. The first kappa shape index (κ1) is 11.5. The van der Waals surface area contributed by atoms with E-state index in [-0.39, 0.29) is 11.6 Å². The summed E-state index contributed by atoms with van der Waals surface area (Å²) in [6.07, 6.45) is 0.305. The third-order valence-electron chi connectivity index (χ3n) is 3.16. The van der Waals surface area contributed by atoms with E-state index in [9.17, 15) is 9.59 Å². The number of hydrogen-bond donors (Lipinski definition) is 2. The van der Waals surface area contributed by atoms with Gasteiger partial charge >= 0.3 is 5.97 Å². The van der Waals surface area contributed by atoms with Gasteiger partial charge in [0, 0.05) is 18.3 Å². The summed E-state index contributed by atoms with van der Waals surface area (Å²) in [7, 11) is 1.69. The van der Waals surface area contributed by atoms with E-state index in [0.717, 1.165) is 16.8 Å². The third-order valence-corrected chi connectivity index (χ3v) is 3.16. The normalized spacial score (nSPS) is 13.2. The van der Waals surface area contributed by atoms with Crippen LogP contribution in [0.15, 0.2) is 24.3 Å². The van der Waals surface area contributed by atoms with Crippen LogP contribution < -0.4 is 5.32 Å². The predicted octanol–water partition coefficient (Wildman–Crippen LogP) is 1.28. The monoisotopic (exact) mass is 257 g/mol. The van der Waals surface area contributed by atoms with Gasteiger partial charge in [-0.3, -0.25) is 9.48 Å². The van der Waals surface area contributed by atoms with Gasteiger partial charge in [0.05, 0.1) is 12.1 Å². The largest absolute Gasteiger partial charge is 0.476 e. The number of fused-ring (bicyclic) bond motifs is 1. The van der Waals surface area contributed by atoms with E-state index in [2.05, 4.69) is 10.4 Å². The highest BCUT2D eigenvalue weighted by Crippen LogP contribution is 2.33. The van der Waals surface area contributed by atoms with Crippen molar-refractivity contribution in [2.45, 2.75) is 6.42 Å². The van der Waals surface area contributed by atoms with Crippen LogP contribution in [-0.2, 0) is 18.3 Å². The van der Waals surface area contributed by atoms with Gasteiger partial charge in [-0.25, -0.2) is 4.79 Å². The van der Waals surface area contributed by atoms with Gasteiger partial charge in [0.15, 0.2) is 5.69 Å². The Labute approximate surface area is 108 Å². The lowest BCUT2D eigenvalue weighted by atomic mass is 10.0. The van der Waals surface area contributed by atoms with Crippen molar-refractivity contribution >= 4 is 17.6 Å². The molecular weight excluding hydrogens is 246 g/mol. The molecule has 96 valence electrons. The van der Waals surface area contributed by atoms with Crippen molar-refractivity contribution in [3.63, 3.8) is 0 Å². The standard InChI is InChI=1S/C13H11N3O3/c1-16-11(6-10(15-16)13(18)19)7-3-2-4-9-8(7)5-12(17)14-9/h2-4,6H,5H2,1H3,(H,14,17)(H,18,19). The third kappa shape index (κ3) is 1.77. The second-order valence-electron chi connectivity index (χ2n) is 4.40. The van der Waals surface area contributed by atoms with E-state index >= 15 is 0 Å². The molecular formula is C13H11N3O3.